The van der Waals surface area contributed by atoms with Gasteiger partial charge in [-0.3, -0.25) is 0 Å². The van der Waals surface area contributed by atoms with E-state index in [1.54, 1.807) is 25.1 Å². The van der Waals surface area contributed by atoms with Gasteiger partial charge in [-0.1, -0.05) is 15.9 Å². The topological polar surface area (TPSA) is 99.9 Å². The lowest BCUT2D eigenvalue weighted by Crippen LogP contribution is -2.07. The molecule has 15 heavy (non-hydrogen) atoms. The number of nitrogen functional groups attached to an aromatic ring is 1. The maximum absolute atomic E-state index is 11.3. The number of anilines is 1. The summed E-state index contributed by atoms with van der Waals surface area (Å²) in [6.07, 6.45) is 0. The zero-order chi connectivity index (χ0) is 11.8. The average Bonchev–Trinajstić information content (AvgIpc) is 2.25. The van der Waals surface area contributed by atoms with Gasteiger partial charge in [0.05, 0.1) is 12.2 Å². The van der Waals surface area contributed by atoms with Crippen molar-refractivity contribution in [3.05, 3.63) is 28.2 Å². The van der Waals surface area contributed by atoms with Crippen molar-refractivity contribution in [3.8, 4) is 0 Å². The number of hydrogen-bond acceptors (Lipinski definition) is 5. The molecule has 0 aromatic heterocycles. The molecule has 1 aromatic carbocycles. The van der Waals surface area contributed by atoms with Crippen LogP contribution in [0.15, 0.2) is 22.7 Å². The second kappa shape index (κ2) is 6.79. The van der Waals surface area contributed by atoms with E-state index in [-0.39, 0.29) is 5.97 Å². The molecule has 0 atom stereocenters. The molecule has 0 heterocycles. The first-order chi connectivity index (χ1) is 7.15. The highest BCUT2D eigenvalue weighted by atomic mass is 79.9. The fraction of sp³-hybridized carbons (Fsp3) is 0.222. The van der Waals surface area contributed by atoms with E-state index in [4.69, 9.17) is 21.3 Å². The van der Waals surface area contributed by atoms with E-state index in [0.717, 1.165) is 4.47 Å². The molecule has 0 saturated carbocycles. The highest BCUT2D eigenvalue weighted by Gasteiger charge is 2.10. The predicted octanol–water partition coefficient (Wildman–Crippen LogP) is 2.24. The zero-order valence-electron chi connectivity index (χ0n) is 8.11. The Morgan fingerprint density at radius 1 is 1.53 bits per heavy atom. The Morgan fingerprint density at radius 3 is 2.67 bits per heavy atom. The summed E-state index contributed by atoms with van der Waals surface area (Å²) in [6.45, 7) is 2.11. The lowest BCUT2D eigenvalue weighted by atomic mass is 10.2. The van der Waals surface area contributed by atoms with Crippen LogP contribution in [0, 0.1) is 10.8 Å². The molecule has 0 saturated heterocycles. The summed E-state index contributed by atoms with van der Waals surface area (Å²) in [4.78, 5) is 11.3. The lowest BCUT2D eigenvalue weighted by Gasteiger charge is -2.04. The van der Waals surface area contributed by atoms with E-state index in [1.807, 2.05) is 0 Å². The summed E-state index contributed by atoms with van der Waals surface area (Å²) in [7, 11) is 0. The minimum atomic E-state index is -0.388. The molecular formula is C9H10BrN3O2. The summed E-state index contributed by atoms with van der Waals surface area (Å²) >= 11 is 3.25. The van der Waals surface area contributed by atoms with Crippen molar-refractivity contribution in [2.75, 3.05) is 12.3 Å². The van der Waals surface area contributed by atoms with Gasteiger partial charge in [0.1, 0.15) is 0 Å². The van der Waals surface area contributed by atoms with Gasteiger partial charge in [0.25, 0.3) is 0 Å². The molecule has 1 aromatic rings. The number of carbonyl (C=O) groups excluding carboxylic acids is 1. The van der Waals surface area contributed by atoms with Crippen molar-refractivity contribution >= 4 is 27.6 Å². The molecule has 80 valence electrons. The lowest BCUT2D eigenvalue weighted by molar-refractivity contribution is 0.0527. The van der Waals surface area contributed by atoms with Gasteiger partial charge in [0.15, 0.2) is 0 Å². The molecule has 1 rings (SSSR count). The predicted molar refractivity (Wildman–Crippen MR) is 58.0 cm³/mol. The Balaban J connectivity index is 0.000000921. The van der Waals surface area contributed by atoms with E-state index in [0.29, 0.717) is 17.9 Å². The molecule has 2 N–H and O–H groups in total. The third-order valence-electron chi connectivity index (χ3n) is 1.51. The Morgan fingerprint density at radius 2 is 2.13 bits per heavy atom. The normalized spacial score (nSPS) is 8.53. The van der Waals surface area contributed by atoms with Crippen molar-refractivity contribution in [1.82, 2.24) is 0 Å². The first-order valence-corrected chi connectivity index (χ1v) is 4.86. The number of esters is 1. The molecular weight excluding hydrogens is 262 g/mol. The van der Waals surface area contributed by atoms with Gasteiger partial charge in [0.2, 0.25) is 0 Å². The van der Waals surface area contributed by atoms with Crippen LogP contribution in [0.1, 0.15) is 17.3 Å². The van der Waals surface area contributed by atoms with Crippen LogP contribution in [0.3, 0.4) is 0 Å². The van der Waals surface area contributed by atoms with Gasteiger partial charge in [0, 0.05) is 20.9 Å². The molecule has 0 aliphatic heterocycles. The Kier molecular flexibility index (Phi) is 6.06. The standard InChI is InChI=1S/C9H10BrNO2.N2/c1-2-13-9(12)7-5-6(10)3-4-8(7)11;1-2/h3-5H,2,11H2,1H3;. The second-order valence-electron chi connectivity index (χ2n) is 2.45. The Labute approximate surface area is 95.8 Å². The largest absolute Gasteiger partial charge is 0.462 e. The molecule has 0 spiro atoms. The van der Waals surface area contributed by atoms with Gasteiger partial charge in [-0.15, -0.1) is 0 Å². The van der Waals surface area contributed by atoms with E-state index in [9.17, 15) is 4.79 Å². The molecule has 0 amide bonds. The van der Waals surface area contributed by atoms with Gasteiger partial charge >= 0.3 is 5.97 Å². The van der Waals surface area contributed by atoms with Crippen LogP contribution in [0.2, 0.25) is 0 Å². The van der Waals surface area contributed by atoms with Crippen LogP contribution in [0.25, 0.3) is 0 Å². The number of carbonyl (C=O) groups is 1. The smallest absolute Gasteiger partial charge is 0.340 e. The minimum absolute atomic E-state index is 0.352. The van der Waals surface area contributed by atoms with Crippen LogP contribution >= 0.6 is 15.9 Å². The van der Waals surface area contributed by atoms with Gasteiger partial charge in [-0.2, -0.15) is 0 Å². The first kappa shape index (κ1) is 13.4. The summed E-state index contributed by atoms with van der Waals surface area (Å²) in [5, 5.41) is 12.0. The number of benzene rings is 1. The van der Waals surface area contributed by atoms with E-state index >= 15 is 0 Å². The summed E-state index contributed by atoms with van der Waals surface area (Å²) in [6, 6.07) is 5.09. The quantitative estimate of drug-likeness (QED) is 0.505. The zero-order valence-corrected chi connectivity index (χ0v) is 9.69. The molecule has 0 aliphatic carbocycles. The van der Waals surface area contributed by atoms with Crippen molar-refractivity contribution in [1.29, 1.82) is 10.8 Å². The molecule has 0 radical (unpaired) electrons. The number of nitrogens with zero attached hydrogens (tertiary/aromatic N) is 2. The summed E-state index contributed by atoms with van der Waals surface area (Å²) < 4.78 is 5.63. The third-order valence-corrected chi connectivity index (χ3v) is 2.00. The minimum Gasteiger partial charge on any atom is -0.462 e. The molecule has 0 fully saturated rings. The van der Waals surface area contributed by atoms with Gasteiger partial charge in [-0.25, -0.2) is 4.79 Å². The summed E-state index contributed by atoms with van der Waals surface area (Å²) in [5.41, 5.74) is 6.43. The fourth-order valence-corrected chi connectivity index (χ4v) is 1.28. The molecule has 5 nitrogen and oxygen atoms in total. The van der Waals surface area contributed by atoms with Crippen LogP contribution in [0.4, 0.5) is 5.69 Å². The molecule has 0 aliphatic rings. The van der Waals surface area contributed by atoms with E-state index < -0.39 is 0 Å². The van der Waals surface area contributed by atoms with Crippen molar-refractivity contribution in [2.45, 2.75) is 6.92 Å². The number of hydrogen-bond donors (Lipinski definition) is 1. The molecule has 6 heteroatoms. The van der Waals surface area contributed by atoms with Crippen LogP contribution in [-0.4, -0.2) is 12.6 Å². The SMILES string of the molecule is CCOC(=O)c1cc(Br)ccc1N.N#N. The molecule has 0 unspecified atom stereocenters. The summed E-state index contributed by atoms with van der Waals surface area (Å²) in [5.74, 6) is -0.388. The maximum atomic E-state index is 11.3. The second-order valence-corrected chi connectivity index (χ2v) is 3.37. The monoisotopic (exact) mass is 271 g/mol. The highest BCUT2D eigenvalue weighted by Crippen LogP contribution is 2.19. The number of rotatable bonds is 2. The number of nitrogens with two attached hydrogens (primary N) is 1. The van der Waals surface area contributed by atoms with E-state index in [1.165, 1.54) is 0 Å². The highest BCUT2D eigenvalue weighted by molar-refractivity contribution is 9.10. The van der Waals surface area contributed by atoms with Crippen LogP contribution in [0.5, 0.6) is 0 Å². The number of ether oxygens (including phenoxy) is 1. The Bertz CT molecular complexity index is 366. The van der Waals surface area contributed by atoms with E-state index in [2.05, 4.69) is 15.9 Å². The fourth-order valence-electron chi connectivity index (χ4n) is 0.914. The number of halogens is 1. The first-order valence-electron chi connectivity index (χ1n) is 4.07. The molecule has 0 bridgehead atoms. The third kappa shape index (κ3) is 3.95. The van der Waals surface area contributed by atoms with Crippen molar-refractivity contribution in [3.63, 3.8) is 0 Å². The average molecular weight is 272 g/mol. The van der Waals surface area contributed by atoms with Gasteiger partial charge < -0.3 is 10.5 Å². The van der Waals surface area contributed by atoms with Crippen molar-refractivity contribution in [2.24, 2.45) is 0 Å². The maximum Gasteiger partial charge on any atom is 0.340 e. The van der Waals surface area contributed by atoms with Crippen molar-refractivity contribution < 1.29 is 9.53 Å². The van der Waals surface area contributed by atoms with Crippen LogP contribution in [-0.2, 0) is 4.74 Å². The van der Waals surface area contributed by atoms with Gasteiger partial charge in [-0.05, 0) is 25.1 Å². The Hall–Kier alpha value is -1.61. The van der Waals surface area contributed by atoms with Crippen LogP contribution < -0.4 is 5.73 Å².